The number of nitrogens with one attached hydrogen (secondary N) is 2. The summed E-state index contributed by atoms with van der Waals surface area (Å²) in [4.78, 5) is 51.2. The Morgan fingerprint density at radius 3 is 2.30 bits per heavy atom. The summed E-state index contributed by atoms with van der Waals surface area (Å²) in [6.07, 6.45) is 0. The summed E-state index contributed by atoms with van der Waals surface area (Å²) < 4.78 is 17.6. The summed E-state index contributed by atoms with van der Waals surface area (Å²) in [6.45, 7) is 9.12. The number of aromatic nitrogens is 3. The molecule has 0 saturated heterocycles. The number of thiophene rings is 1. The van der Waals surface area contributed by atoms with Gasteiger partial charge >= 0.3 is 11.9 Å². The third-order valence-electron chi connectivity index (χ3n) is 6.75. The second-order valence-corrected chi connectivity index (χ2v) is 11.8. The molecule has 2 N–H and O–H groups in total. The van der Waals surface area contributed by atoms with Crippen LogP contribution in [-0.2, 0) is 25.6 Å². The zero-order valence-corrected chi connectivity index (χ0v) is 27.8. The van der Waals surface area contributed by atoms with E-state index in [2.05, 4.69) is 20.8 Å². The fourth-order valence-corrected chi connectivity index (χ4v) is 6.23. The highest BCUT2D eigenvalue weighted by Crippen LogP contribution is 2.35. The van der Waals surface area contributed by atoms with Gasteiger partial charge in [-0.15, -0.1) is 21.5 Å². The molecule has 14 heteroatoms. The average Bonchev–Trinajstić information content (AvgIpc) is 3.59. The van der Waals surface area contributed by atoms with E-state index in [1.807, 2.05) is 50.2 Å². The maximum absolute atomic E-state index is 13.2. The summed E-state index contributed by atoms with van der Waals surface area (Å²) in [5, 5.41) is 14.8. The van der Waals surface area contributed by atoms with Crippen LogP contribution < -0.4 is 15.4 Å². The number of para-hydroxylation sites is 1. The van der Waals surface area contributed by atoms with Gasteiger partial charge in [0.1, 0.15) is 15.6 Å². The molecule has 2 aromatic heterocycles. The summed E-state index contributed by atoms with van der Waals surface area (Å²) in [7, 11) is 0. The molecular formula is C32H35N5O7S2. The van der Waals surface area contributed by atoms with Crippen LogP contribution in [0.5, 0.6) is 5.75 Å². The third-order valence-corrected chi connectivity index (χ3v) is 8.86. The number of nitrogens with zero attached hydrogens (tertiary/aromatic N) is 3. The lowest BCUT2D eigenvalue weighted by Gasteiger charge is -2.15. The van der Waals surface area contributed by atoms with Crippen LogP contribution in [-0.4, -0.2) is 64.1 Å². The minimum absolute atomic E-state index is 0.0676. The highest BCUT2D eigenvalue weighted by Gasteiger charge is 2.28. The second-order valence-electron chi connectivity index (χ2n) is 9.87. The predicted molar refractivity (Wildman–Crippen MR) is 175 cm³/mol. The van der Waals surface area contributed by atoms with Crippen molar-refractivity contribution in [2.24, 2.45) is 0 Å². The van der Waals surface area contributed by atoms with Crippen molar-refractivity contribution in [1.29, 1.82) is 0 Å². The van der Waals surface area contributed by atoms with Gasteiger partial charge in [0, 0.05) is 0 Å². The van der Waals surface area contributed by atoms with Gasteiger partial charge in [0.2, 0.25) is 5.91 Å². The van der Waals surface area contributed by atoms with E-state index in [1.165, 1.54) is 0 Å². The van der Waals surface area contributed by atoms with Gasteiger partial charge in [-0.2, -0.15) is 0 Å². The van der Waals surface area contributed by atoms with Gasteiger partial charge in [0.05, 0.1) is 36.8 Å². The molecule has 4 rings (SSSR count). The highest BCUT2D eigenvalue weighted by molar-refractivity contribution is 7.99. The SMILES string of the molecule is CCOC(=O)c1sc(NC(=O)CSc2nnc(CNC(=O)COc3ccccc3)n2-c2cccc(C)c2C)c(C(=O)OCC)c1C. The van der Waals surface area contributed by atoms with Crippen LogP contribution in [0, 0.1) is 20.8 Å². The summed E-state index contributed by atoms with van der Waals surface area (Å²) in [5.41, 5.74) is 3.31. The largest absolute Gasteiger partial charge is 0.484 e. The van der Waals surface area contributed by atoms with Gasteiger partial charge in [-0.3, -0.25) is 14.2 Å². The molecule has 0 bridgehead atoms. The van der Waals surface area contributed by atoms with Gasteiger partial charge in [-0.1, -0.05) is 42.1 Å². The van der Waals surface area contributed by atoms with Crippen LogP contribution in [0.25, 0.3) is 5.69 Å². The number of thioether (sulfide) groups is 1. The van der Waals surface area contributed by atoms with Crippen molar-refractivity contribution in [2.45, 2.75) is 46.3 Å². The third kappa shape index (κ3) is 8.31. The molecule has 2 aromatic carbocycles. The summed E-state index contributed by atoms with van der Waals surface area (Å²) in [5.74, 6) is -1.05. The van der Waals surface area contributed by atoms with Gasteiger partial charge in [-0.25, -0.2) is 9.59 Å². The molecule has 2 amide bonds. The zero-order chi connectivity index (χ0) is 33.2. The lowest BCUT2D eigenvalue weighted by molar-refractivity contribution is -0.123. The number of carbonyl (C=O) groups excluding carboxylic acids is 4. The molecule has 0 saturated carbocycles. The molecule has 2 heterocycles. The van der Waals surface area contributed by atoms with Gasteiger partial charge in [0.25, 0.3) is 5.91 Å². The Labute approximate surface area is 274 Å². The van der Waals surface area contributed by atoms with Crippen LogP contribution in [0.2, 0.25) is 0 Å². The number of carbonyl (C=O) groups is 4. The number of hydrogen-bond acceptors (Lipinski definition) is 11. The van der Waals surface area contributed by atoms with E-state index in [4.69, 9.17) is 14.2 Å². The smallest absolute Gasteiger partial charge is 0.348 e. The summed E-state index contributed by atoms with van der Waals surface area (Å²) in [6, 6.07) is 14.8. The maximum Gasteiger partial charge on any atom is 0.348 e. The topological polar surface area (TPSA) is 151 Å². The normalized spacial score (nSPS) is 10.7. The number of rotatable bonds is 14. The first-order valence-electron chi connectivity index (χ1n) is 14.5. The number of aryl methyl sites for hydroxylation is 1. The van der Waals surface area contributed by atoms with Crippen molar-refractivity contribution in [1.82, 2.24) is 20.1 Å². The number of hydrogen-bond donors (Lipinski definition) is 2. The van der Waals surface area contributed by atoms with E-state index in [1.54, 1.807) is 37.5 Å². The Balaban J connectivity index is 1.52. The number of anilines is 1. The fourth-order valence-electron chi connectivity index (χ4n) is 4.36. The van der Waals surface area contributed by atoms with E-state index < -0.39 is 17.8 Å². The molecule has 0 aliphatic carbocycles. The lowest BCUT2D eigenvalue weighted by atomic mass is 10.1. The van der Waals surface area contributed by atoms with E-state index in [-0.39, 0.29) is 53.5 Å². The molecule has 0 radical (unpaired) electrons. The van der Waals surface area contributed by atoms with E-state index >= 15 is 0 Å². The van der Waals surface area contributed by atoms with E-state index in [0.29, 0.717) is 22.3 Å². The molecule has 242 valence electrons. The monoisotopic (exact) mass is 665 g/mol. The Kier molecular flexibility index (Phi) is 11.9. The van der Waals surface area contributed by atoms with Gasteiger partial charge in [0.15, 0.2) is 17.6 Å². The minimum atomic E-state index is -0.648. The second kappa shape index (κ2) is 16.0. The van der Waals surface area contributed by atoms with Crippen molar-refractivity contribution < 1.29 is 33.4 Å². The predicted octanol–water partition coefficient (Wildman–Crippen LogP) is 5.03. The van der Waals surface area contributed by atoms with Crippen molar-refractivity contribution >= 4 is 51.9 Å². The van der Waals surface area contributed by atoms with E-state index in [0.717, 1.165) is 39.9 Å². The average molecular weight is 666 g/mol. The Bertz CT molecular complexity index is 1720. The van der Waals surface area contributed by atoms with E-state index in [9.17, 15) is 19.2 Å². The molecule has 12 nitrogen and oxygen atoms in total. The molecule has 0 aliphatic heterocycles. The molecule has 0 fully saturated rings. The van der Waals surface area contributed by atoms with Crippen molar-refractivity contribution in [3.63, 3.8) is 0 Å². The molecule has 0 atom stereocenters. The fraction of sp³-hybridized carbons (Fsp3) is 0.312. The Hall–Kier alpha value is -4.69. The minimum Gasteiger partial charge on any atom is -0.484 e. The number of amides is 2. The molecule has 0 spiro atoms. The molecule has 0 aliphatic rings. The molecular weight excluding hydrogens is 631 g/mol. The number of esters is 2. The van der Waals surface area contributed by atoms with Crippen LogP contribution in [0.4, 0.5) is 5.00 Å². The van der Waals surface area contributed by atoms with Crippen LogP contribution >= 0.6 is 23.1 Å². The first kappa shape index (κ1) is 34.2. The van der Waals surface area contributed by atoms with Crippen LogP contribution in [0.1, 0.15) is 56.4 Å². The first-order valence-corrected chi connectivity index (χ1v) is 16.3. The van der Waals surface area contributed by atoms with Crippen molar-refractivity contribution in [3.8, 4) is 11.4 Å². The van der Waals surface area contributed by atoms with Gasteiger partial charge in [-0.05, 0) is 69.5 Å². The van der Waals surface area contributed by atoms with Crippen LogP contribution in [0.3, 0.4) is 0 Å². The number of ether oxygens (including phenoxy) is 3. The molecule has 46 heavy (non-hydrogen) atoms. The van der Waals surface area contributed by atoms with Crippen molar-refractivity contribution in [3.05, 3.63) is 81.5 Å². The molecule has 0 unspecified atom stereocenters. The highest BCUT2D eigenvalue weighted by atomic mass is 32.2. The lowest BCUT2D eigenvalue weighted by Crippen LogP contribution is -2.29. The quantitative estimate of drug-likeness (QED) is 0.139. The maximum atomic E-state index is 13.2. The zero-order valence-electron chi connectivity index (χ0n) is 26.2. The number of benzene rings is 2. The first-order chi connectivity index (χ1) is 22.1. The summed E-state index contributed by atoms with van der Waals surface area (Å²) >= 11 is 2.09. The van der Waals surface area contributed by atoms with Crippen LogP contribution in [0.15, 0.2) is 53.7 Å². The standard InChI is InChI=1S/C32H35N5O7S2/c1-6-42-30(40)27-21(5)28(31(41)43-7-2)46-29(27)34-26(39)18-45-32-36-35-24(37(32)23-15-11-12-19(3)20(23)4)16-33-25(38)17-44-22-13-9-8-10-14-22/h8-15H,6-7,16-18H2,1-5H3,(H,33,38)(H,34,39). The van der Waals surface area contributed by atoms with Crippen molar-refractivity contribution in [2.75, 3.05) is 30.9 Å². The van der Waals surface area contributed by atoms with Gasteiger partial charge < -0.3 is 24.8 Å². The molecule has 4 aromatic rings. The Morgan fingerprint density at radius 1 is 0.870 bits per heavy atom. The Morgan fingerprint density at radius 2 is 1.59 bits per heavy atom.